The molecule has 1 aromatic rings. The molecule has 0 aliphatic carbocycles. The Labute approximate surface area is 91.9 Å². The van der Waals surface area contributed by atoms with Gasteiger partial charge in [-0.25, -0.2) is 0 Å². The summed E-state index contributed by atoms with van der Waals surface area (Å²) in [7, 11) is 0. The van der Waals surface area contributed by atoms with Crippen molar-refractivity contribution in [1.82, 2.24) is 5.32 Å². The highest BCUT2D eigenvalue weighted by Gasteiger charge is 2.30. The van der Waals surface area contributed by atoms with Crippen molar-refractivity contribution in [3.8, 4) is 0 Å². The summed E-state index contributed by atoms with van der Waals surface area (Å²) < 4.78 is 0. The fraction of sp³-hybridized carbons (Fsp3) is 0.538. The van der Waals surface area contributed by atoms with E-state index in [1.165, 1.54) is 18.4 Å². The summed E-state index contributed by atoms with van der Waals surface area (Å²) in [6.07, 6.45) is 3.54. The zero-order chi connectivity index (χ0) is 10.6. The van der Waals surface area contributed by atoms with E-state index in [-0.39, 0.29) is 0 Å². The maximum atomic E-state index is 5.96. The molecule has 0 radical (unpaired) electrons. The van der Waals surface area contributed by atoms with Crippen molar-refractivity contribution in [1.29, 1.82) is 0 Å². The molecule has 1 heterocycles. The van der Waals surface area contributed by atoms with Crippen LogP contribution in [0.15, 0.2) is 30.3 Å². The van der Waals surface area contributed by atoms with Crippen molar-refractivity contribution in [3.05, 3.63) is 35.9 Å². The van der Waals surface area contributed by atoms with Crippen LogP contribution < -0.4 is 11.1 Å². The molecule has 1 aliphatic heterocycles. The van der Waals surface area contributed by atoms with Gasteiger partial charge in [-0.15, -0.1) is 0 Å². The molecule has 0 unspecified atom stereocenters. The van der Waals surface area contributed by atoms with Crippen molar-refractivity contribution in [3.63, 3.8) is 0 Å². The van der Waals surface area contributed by atoms with E-state index in [0.29, 0.717) is 5.41 Å². The lowest BCUT2D eigenvalue weighted by molar-refractivity contribution is 0.210. The van der Waals surface area contributed by atoms with Crippen molar-refractivity contribution in [2.45, 2.75) is 19.3 Å². The Bertz CT molecular complexity index is 289. The molecular formula is C13H20N2. The fourth-order valence-electron chi connectivity index (χ4n) is 2.44. The van der Waals surface area contributed by atoms with Crippen molar-refractivity contribution in [2.75, 3.05) is 19.6 Å². The molecule has 0 spiro atoms. The van der Waals surface area contributed by atoms with Crippen LogP contribution in [0, 0.1) is 5.41 Å². The largest absolute Gasteiger partial charge is 0.330 e. The van der Waals surface area contributed by atoms with E-state index in [1.807, 2.05) is 0 Å². The molecule has 0 amide bonds. The number of hydrogen-bond acceptors (Lipinski definition) is 2. The van der Waals surface area contributed by atoms with Crippen LogP contribution in [-0.4, -0.2) is 19.6 Å². The Morgan fingerprint density at radius 1 is 1.13 bits per heavy atom. The van der Waals surface area contributed by atoms with Crippen molar-refractivity contribution >= 4 is 0 Å². The molecule has 2 heteroatoms. The average molecular weight is 204 g/mol. The second kappa shape index (κ2) is 4.77. The van der Waals surface area contributed by atoms with E-state index < -0.39 is 0 Å². The van der Waals surface area contributed by atoms with Crippen LogP contribution in [0.25, 0.3) is 0 Å². The molecular weight excluding hydrogens is 184 g/mol. The summed E-state index contributed by atoms with van der Waals surface area (Å²) in [5.74, 6) is 0. The molecule has 1 fully saturated rings. The number of benzene rings is 1. The van der Waals surface area contributed by atoms with Crippen LogP contribution in [-0.2, 0) is 6.42 Å². The smallest absolute Gasteiger partial charge is 0.00164 e. The highest BCUT2D eigenvalue weighted by molar-refractivity contribution is 5.17. The minimum absolute atomic E-state index is 0.340. The summed E-state index contributed by atoms with van der Waals surface area (Å²) in [5, 5.41) is 3.40. The van der Waals surface area contributed by atoms with Crippen LogP contribution in [0.1, 0.15) is 18.4 Å². The summed E-state index contributed by atoms with van der Waals surface area (Å²) in [6, 6.07) is 10.7. The van der Waals surface area contributed by atoms with Crippen molar-refractivity contribution < 1.29 is 0 Å². The lowest BCUT2D eigenvalue weighted by Crippen LogP contribution is -2.43. The van der Waals surface area contributed by atoms with E-state index >= 15 is 0 Å². The van der Waals surface area contributed by atoms with Gasteiger partial charge in [0.25, 0.3) is 0 Å². The third-order valence-corrected chi connectivity index (χ3v) is 3.52. The topological polar surface area (TPSA) is 38.0 Å². The SMILES string of the molecule is NCC1(Cc2ccccc2)CCNCC1. The molecule has 0 saturated carbocycles. The van der Waals surface area contributed by atoms with E-state index in [0.717, 1.165) is 26.1 Å². The second-order valence-electron chi connectivity index (χ2n) is 4.62. The Balaban J connectivity index is 2.07. The molecule has 2 rings (SSSR count). The van der Waals surface area contributed by atoms with Gasteiger partial charge in [0.15, 0.2) is 0 Å². The molecule has 0 bridgehead atoms. The lowest BCUT2D eigenvalue weighted by atomic mass is 9.74. The molecule has 1 saturated heterocycles. The van der Waals surface area contributed by atoms with Gasteiger partial charge < -0.3 is 11.1 Å². The number of nitrogens with two attached hydrogens (primary N) is 1. The predicted molar refractivity (Wildman–Crippen MR) is 63.7 cm³/mol. The third kappa shape index (κ3) is 2.58. The van der Waals surface area contributed by atoms with Crippen LogP contribution in [0.3, 0.4) is 0 Å². The number of nitrogens with one attached hydrogen (secondary N) is 1. The van der Waals surface area contributed by atoms with Gasteiger partial charge in [0.05, 0.1) is 0 Å². The van der Waals surface area contributed by atoms with Gasteiger partial charge in [0, 0.05) is 0 Å². The first-order valence-electron chi connectivity index (χ1n) is 5.79. The maximum Gasteiger partial charge on any atom is -0.00164 e. The van der Waals surface area contributed by atoms with E-state index in [9.17, 15) is 0 Å². The standard InChI is InChI=1S/C13H20N2/c14-11-13(6-8-15-9-7-13)10-12-4-2-1-3-5-12/h1-5,15H,6-11,14H2. The zero-order valence-electron chi connectivity index (χ0n) is 9.21. The van der Waals surface area contributed by atoms with Gasteiger partial charge in [-0.05, 0) is 49.9 Å². The molecule has 15 heavy (non-hydrogen) atoms. The van der Waals surface area contributed by atoms with Gasteiger partial charge in [0.1, 0.15) is 0 Å². The first kappa shape index (κ1) is 10.7. The van der Waals surface area contributed by atoms with Crippen LogP contribution in [0.5, 0.6) is 0 Å². The highest BCUT2D eigenvalue weighted by atomic mass is 14.9. The van der Waals surface area contributed by atoms with Crippen LogP contribution in [0.2, 0.25) is 0 Å². The molecule has 0 atom stereocenters. The number of rotatable bonds is 3. The summed E-state index contributed by atoms with van der Waals surface area (Å²) in [5.41, 5.74) is 7.72. The normalized spacial score (nSPS) is 20.1. The first-order chi connectivity index (χ1) is 7.35. The summed E-state index contributed by atoms with van der Waals surface area (Å²) >= 11 is 0. The third-order valence-electron chi connectivity index (χ3n) is 3.52. The minimum Gasteiger partial charge on any atom is -0.330 e. The molecule has 2 nitrogen and oxygen atoms in total. The van der Waals surface area contributed by atoms with E-state index in [1.54, 1.807) is 0 Å². The lowest BCUT2D eigenvalue weighted by Gasteiger charge is -2.36. The monoisotopic (exact) mass is 204 g/mol. The highest BCUT2D eigenvalue weighted by Crippen LogP contribution is 2.31. The average Bonchev–Trinajstić information content (AvgIpc) is 2.32. The maximum absolute atomic E-state index is 5.96. The second-order valence-corrected chi connectivity index (χ2v) is 4.62. The molecule has 0 aromatic heterocycles. The quantitative estimate of drug-likeness (QED) is 0.784. The van der Waals surface area contributed by atoms with Gasteiger partial charge in [0.2, 0.25) is 0 Å². The molecule has 3 N–H and O–H groups in total. The minimum atomic E-state index is 0.340. The van der Waals surface area contributed by atoms with Crippen LogP contribution in [0.4, 0.5) is 0 Å². The Kier molecular flexibility index (Phi) is 3.39. The van der Waals surface area contributed by atoms with E-state index in [4.69, 9.17) is 5.73 Å². The molecule has 82 valence electrons. The molecule has 1 aromatic carbocycles. The van der Waals surface area contributed by atoms with E-state index in [2.05, 4.69) is 35.6 Å². The zero-order valence-corrected chi connectivity index (χ0v) is 9.21. The van der Waals surface area contributed by atoms with Gasteiger partial charge in [-0.2, -0.15) is 0 Å². The van der Waals surface area contributed by atoms with Crippen molar-refractivity contribution in [2.24, 2.45) is 11.1 Å². The molecule has 1 aliphatic rings. The van der Waals surface area contributed by atoms with Gasteiger partial charge in [-0.3, -0.25) is 0 Å². The Hall–Kier alpha value is -0.860. The number of piperidine rings is 1. The predicted octanol–water partition coefficient (Wildman–Crippen LogP) is 1.56. The Morgan fingerprint density at radius 3 is 2.40 bits per heavy atom. The summed E-state index contributed by atoms with van der Waals surface area (Å²) in [6.45, 7) is 3.04. The first-order valence-corrected chi connectivity index (χ1v) is 5.79. The van der Waals surface area contributed by atoms with Gasteiger partial charge in [-0.1, -0.05) is 30.3 Å². The van der Waals surface area contributed by atoms with Gasteiger partial charge >= 0.3 is 0 Å². The van der Waals surface area contributed by atoms with Crippen LogP contribution >= 0.6 is 0 Å². The Morgan fingerprint density at radius 2 is 1.80 bits per heavy atom. The summed E-state index contributed by atoms with van der Waals surface area (Å²) in [4.78, 5) is 0. The fourth-order valence-corrected chi connectivity index (χ4v) is 2.44. The number of hydrogen-bond donors (Lipinski definition) is 2.